The number of carbonyl (C=O) groups is 1. The number of anilines is 1. The Morgan fingerprint density at radius 1 is 1.37 bits per heavy atom. The molecule has 38 heavy (non-hydrogen) atoms. The molecule has 1 aliphatic heterocycles. The number of amides is 1. The van der Waals surface area contributed by atoms with Crippen LogP contribution in [0.15, 0.2) is 52.9 Å². The van der Waals surface area contributed by atoms with E-state index in [1.807, 2.05) is 6.08 Å². The summed E-state index contributed by atoms with van der Waals surface area (Å²) in [5.41, 5.74) is 3.87. The van der Waals surface area contributed by atoms with E-state index in [2.05, 4.69) is 56.8 Å². The predicted molar refractivity (Wildman–Crippen MR) is 150 cm³/mol. The second-order valence-electron chi connectivity index (χ2n) is 8.53. The number of nitrogens with one attached hydrogen (secondary N) is 2. The van der Waals surface area contributed by atoms with Gasteiger partial charge in [0.2, 0.25) is 0 Å². The first-order valence-electron chi connectivity index (χ1n) is 12.4. The highest BCUT2D eigenvalue weighted by Gasteiger charge is 2.27. The molecule has 1 saturated heterocycles. The first-order valence-corrected chi connectivity index (χ1v) is 13.5. The topological polar surface area (TPSA) is 95.9 Å². The third-order valence-corrected chi connectivity index (χ3v) is 6.74. The summed E-state index contributed by atoms with van der Waals surface area (Å²) < 4.78 is 33.7. The van der Waals surface area contributed by atoms with E-state index in [-0.39, 0.29) is 44.2 Å². The summed E-state index contributed by atoms with van der Waals surface area (Å²) in [4.78, 5) is 22.9. The number of fused-ring (bicyclic) bond motifs is 1. The summed E-state index contributed by atoms with van der Waals surface area (Å²) in [5, 5.41) is 3.89. The molecule has 2 aromatic heterocycles. The van der Waals surface area contributed by atoms with E-state index < -0.39 is 11.9 Å². The Morgan fingerprint density at radius 2 is 2.26 bits per heavy atom. The van der Waals surface area contributed by atoms with Crippen LogP contribution in [0.4, 0.5) is 10.1 Å². The van der Waals surface area contributed by atoms with E-state index in [1.165, 1.54) is 12.3 Å². The fraction of sp³-hybridized carbons (Fsp3) is 0.407. The van der Waals surface area contributed by atoms with E-state index in [4.69, 9.17) is 19.0 Å². The molecule has 0 aromatic carbocycles. The van der Waals surface area contributed by atoms with Gasteiger partial charge in [0.15, 0.2) is 6.29 Å². The first kappa shape index (κ1) is 28.1. The Hall–Kier alpha value is -2.92. The Labute approximate surface area is 234 Å². The molecule has 11 heteroatoms. The fourth-order valence-electron chi connectivity index (χ4n) is 4.18. The monoisotopic (exact) mass is 636 g/mol. The van der Waals surface area contributed by atoms with Crippen molar-refractivity contribution in [2.24, 2.45) is 0 Å². The van der Waals surface area contributed by atoms with Crippen molar-refractivity contribution in [1.29, 1.82) is 0 Å². The van der Waals surface area contributed by atoms with Crippen LogP contribution in [0.1, 0.15) is 36.2 Å². The molecule has 2 atom stereocenters. The Balaban J connectivity index is 1.59. The minimum Gasteiger partial charge on any atom is -0.499 e. The minimum atomic E-state index is -0.629. The number of rotatable bonds is 11. The van der Waals surface area contributed by atoms with Crippen LogP contribution in [0.5, 0.6) is 0 Å². The summed E-state index contributed by atoms with van der Waals surface area (Å²) in [6.07, 6.45) is 11.2. The van der Waals surface area contributed by atoms with Gasteiger partial charge in [0.1, 0.15) is 31.3 Å². The van der Waals surface area contributed by atoms with Gasteiger partial charge in [-0.25, -0.2) is 9.87 Å². The molecule has 9 nitrogen and oxygen atoms in total. The number of pyridine rings is 1. The number of ether oxygens (including phenoxy) is 3. The maximum atomic E-state index is 14.8. The smallest absolute Gasteiger partial charge is 0.293 e. The minimum absolute atomic E-state index is 0.117. The lowest BCUT2D eigenvalue weighted by Gasteiger charge is -2.21. The van der Waals surface area contributed by atoms with Crippen molar-refractivity contribution in [3.63, 3.8) is 0 Å². The van der Waals surface area contributed by atoms with Gasteiger partial charge in [-0.2, -0.15) is 0 Å². The van der Waals surface area contributed by atoms with Crippen LogP contribution in [0.2, 0.25) is 0 Å². The zero-order valence-electron chi connectivity index (χ0n) is 20.9. The second-order valence-corrected chi connectivity index (χ2v) is 9.78. The molecule has 2 N–H and O–H groups in total. The fourth-order valence-corrected chi connectivity index (χ4v) is 4.73. The maximum Gasteiger partial charge on any atom is 0.293 e. The second kappa shape index (κ2) is 14.3. The molecule has 1 aliphatic carbocycles. The number of halogens is 2. The molecule has 2 aromatic rings. The summed E-state index contributed by atoms with van der Waals surface area (Å²) >= 11 is 2.08. The van der Waals surface area contributed by atoms with Crippen molar-refractivity contribution in [3.05, 3.63) is 58.6 Å². The number of hydrogen-bond acceptors (Lipinski definition) is 7. The van der Waals surface area contributed by atoms with Crippen LogP contribution in [0.25, 0.3) is 10.9 Å². The van der Waals surface area contributed by atoms with E-state index in [1.54, 1.807) is 23.0 Å². The summed E-state index contributed by atoms with van der Waals surface area (Å²) in [5.74, 6) is 5.26. The average Bonchev–Trinajstić information content (AvgIpc) is 3.23. The third kappa shape index (κ3) is 7.35. The van der Waals surface area contributed by atoms with Crippen LogP contribution in [0, 0.1) is 11.8 Å². The van der Waals surface area contributed by atoms with Gasteiger partial charge in [-0.1, -0.05) is 24.5 Å². The highest BCUT2D eigenvalue weighted by molar-refractivity contribution is 14.1. The van der Waals surface area contributed by atoms with Gasteiger partial charge in [-0.15, -0.1) is 0 Å². The van der Waals surface area contributed by atoms with Crippen LogP contribution in [0.3, 0.4) is 0 Å². The van der Waals surface area contributed by atoms with Crippen molar-refractivity contribution in [2.75, 3.05) is 31.7 Å². The van der Waals surface area contributed by atoms with Crippen LogP contribution >= 0.6 is 22.6 Å². The molecule has 202 valence electrons. The quantitative estimate of drug-likeness (QED) is 0.121. The van der Waals surface area contributed by atoms with Crippen molar-refractivity contribution < 1.29 is 28.2 Å². The number of hydrogen-bond donors (Lipinski definition) is 2. The van der Waals surface area contributed by atoms with Gasteiger partial charge >= 0.3 is 0 Å². The summed E-state index contributed by atoms with van der Waals surface area (Å²) in [7, 11) is 0. The predicted octanol–water partition coefficient (Wildman–Crippen LogP) is 4.76. The normalized spacial score (nSPS) is 19.1. The van der Waals surface area contributed by atoms with E-state index in [0.717, 1.165) is 28.4 Å². The van der Waals surface area contributed by atoms with Crippen molar-refractivity contribution in [2.45, 2.75) is 44.6 Å². The molecular weight excluding hydrogens is 606 g/mol. The van der Waals surface area contributed by atoms with Gasteiger partial charge in [0.05, 0.1) is 30.1 Å². The Bertz CT molecular complexity index is 1260. The van der Waals surface area contributed by atoms with Gasteiger partial charge in [-0.05, 0) is 60.4 Å². The molecule has 1 amide bonds. The van der Waals surface area contributed by atoms with Crippen LogP contribution in [-0.2, 0) is 25.6 Å². The molecule has 0 saturated carbocycles. The summed E-state index contributed by atoms with van der Waals surface area (Å²) in [6, 6.07) is 1.16. The molecule has 4 rings (SSSR count). The van der Waals surface area contributed by atoms with Crippen LogP contribution in [-0.4, -0.2) is 54.2 Å². The zero-order chi connectivity index (χ0) is 26.7. The number of carbonyl (C=O) groups excluding carboxylic acids is 1. The van der Waals surface area contributed by atoms with Crippen molar-refractivity contribution in [3.8, 4) is 11.8 Å². The third-order valence-electron chi connectivity index (χ3n) is 5.98. The largest absolute Gasteiger partial charge is 0.499 e. The molecule has 3 heterocycles. The molecule has 2 unspecified atom stereocenters. The van der Waals surface area contributed by atoms with Crippen LogP contribution < -0.4 is 10.8 Å². The van der Waals surface area contributed by atoms with Gasteiger partial charge in [0.25, 0.3) is 5.91 Å². The molecule has 0 spiro atoms. The van der Waals surface area contributed by atoms with Gasteiger partial charge in [0, 0.05) is 28.0 Å². The SMILES string of the molecule is C=COCCONC(=O)c1c(NC2CC=C(I)C=C2F)c2cnccc2n1CC#CCOC1CCCCO1. The highest BCUT2D eigenvalue weighted by Crippen LogP contribution is 2.34. The lowest BCUT2D eigenvalue weighted by molar-refractivity contribution is -0.154. The Morgan fingerprint density at radius 3 is 3.05 bits per heavy atom. The van der Waals surface area contributed by atoms with Crippen molar-refractivity contribution >= 4 is 45.1 Å². The standard InChI is InChI=1S/C27H30FIN4O5/c1-2-35-15-16-38-32-27(34)26-25(31-22-9-8-19(29)17-21(22)28)20-18-30-11-10-23(20)33(26)12-4-6-14-37-24-7-3-5-13-36-24/h2,8,10-11,17-18,22,24,31H,1,3,5,7,9,12-16H2,(H,32,34). The highest BCUT2D eigenvalue weighted by atomic mass is 127. The average molecular weight is 636 g/mol. The number of aromatic nitrogens is 2. The van der Waals surface area contributed by atoms with E-state index >= 15 is 0 Å². The van der Waals surface area contributed by atoms with E-state index in [0.29, 0.717) is 24.1 Å². The molecule has 2 aliphatic rings. The number of hydroxylamine groups is 1. The lowest BCUT2D eigenvalue weighted by atomic mass is 10.1. The molecule has 0 radical (unpaired) electrons. The lowest BCUT2D eigenvalue weighted by Crippen LogP contribution is -2.30. The van der Waals surface area contributed by atoms with Gasteiger partial charge in [-0.3, -0.25) is 14.6 Å². The Kier molecular flexibility index (Phi) is 10.6. The zero-order valence-corrected chi connectivity index (χ0v) is 23.0. The number of nitrogens with zero attached hydrogens (tertiary/aromatic N) is 2. The summed E-state index contributed by atoms with van der Waals surface area (Å²) in [6.45, 7) is 4.92. The number of allylic oxidation sites excluding steroid dienone is 2. The first-order chi connectivity index (χ1) is 18.6. The van der Waals surface area contributed by atoms with Crippen molar-refractivity contribution in [1.82, 2.24) is 15.0 Å². The molecule has 0 bridgehead atoms. The molecule has 1 fully saturated rings. The van der Waals surface area contributed by atoms with Gasteiger partial charge < -0.3 is 24.1 Å². The molecular formula is C27H30FIN4O5. The van der Waals surface area contributed by atoms with E-state index in [9.17, 15) is 9.18 Å². The maximum absolute atomic E-state index is 14.8.